The molecule has 0 unspecified atom stereocenters. The average molecular weight is 473 g/mol. The summed E-state index contributed by atoms with van der Waals surface area (Å²) in [6.45, 7) is 0. The molecule has 0 saturated heterocycles. The van der Waals surface area contributed by atoms with Crippen molar-refractivity contribution in [2.45, 2.75) is 4.90 Å². The highest BCUT2D eigenvalue weighted by Crippen LogP contribution is 2.36. The van der Waals surface area contributed by atoms with Gasteiger partial charge in [-0.05, 0) is 48.5 Å². The van der Waals surface area contributed by atoms with Gasteiger partial charge in [0.1, 0.15) is 16.9 Å². The van der Waals surface area contributed by atoms with Crippen LogP contribution >= 0.6 is 0 Å². The number of carbonyl (C=O) groups is 1. The molecule has 0 radical (unpaired) electrons. The number of rotatable bonds is 6. The minimum absolute atomic E-state index is 0.157. The van der Waals surface area contributed by atoms with E-state index in [0.29, 0.717) is 28.3 Å². The summed E-state index contributed by atoms with van der Waals surface area (Å²) in [5.74, 6) is 0.130. The van der Waals surface area contributed by atoms with Gasteiger partial charge in [0.2, 0.25) is 0 Å². The van der Waals surface area contributed by atoms with Gasteiger partial charge in [-0.15, -0.1) is 0 Å². The van der Waals surface area contributed by atoms with Crippen molar-refractivity contribution in [2.24, 2.45) is 0 Å². The topological polar surface area (TPSA) is 97.6 Å². The molecule has 170 valence electrons. The molecule has 0 saturated carbocycles. The first kappa shape index (κ1) is 21.5. The second kappa shape index (κ2) is 8.57. The van der Waals surface area contributed by atoms with E-state index in [-0.39, 0.29) is 10.8 Å². The molecule has 0 atom stereocenters. The summed E-state index contributed by atoms with van der Waals surface area (Å²) in [7, 11) is -2.18. The highest BCUT2D eigenvalue weighted by atomic mass is 32.2. The lowest BCUT2D eigenvalue weighted by molar-refractivity contribution is 0.102. The van der Waals surface area contributed by atoms with Crippen molar-refractivity contribution in [1.82, 2.24) is 0 Å². The van der Waals surface area contributed by atoms with Crippen LogP contribution in [0.1, 0.15) is 10.4 Å². The molecule has 5 rings (SSSR count). The molecule has 0 fully saturated rings. The first-order valence-electron chi connectivity index (χ1n) is 10.4. The van der Waals surface area contributed by atoms with Crippen molar-refractivity contribution in [3.8, 4) is 5.75 Å². The van der Waals surface area contributed by atoms with Gasteiger partial charge >= 0.3 is 0 Å². The Bertz CT molecular complexity index is 1610. The van der Waals surface area contributed by atoms with E-state index < -0.39 is 10.0 Å². The summed E-state index contributed by atoms with van der Waals surface area (Å²) in [6, 6.07) is 25.5. The number of fused-ring (bicyclic) bond motifs is 3. The molecule has 5 aromatic rings. The van der Waals surface area contributed by atoms with Crippen LogP contribution in [0.4, 0.5) is 11.4 Å². The Hall–Kier alpha value is -4.30. The van der Waals surface area contributed by atoms with Crippen LogP contribution in [0.15, 0.2) is 100 Å². The van der Waals surface area contributed by atoms with E-state index in [9.17, 15) is 13.2 Å². The molecule has 34 heavy (non-hydrogen) atoms. The first-order chi connectivity index (χ1) is 16.4. The number of methoxy groups -OCH3 is 1. The molecule has 7 nitrogen and oxygen atoms in total. The lowest BCUT2D eigenvalue weighted by atomic mass is 10.1. The number of furan rings is 1. The summed E-state index contributed by atoms with van der Waals surface area (Å²) in [6.07, 6.45) is 0. The van der Waals surface area contributed by atoms with Crippen molar-refractivity contribution in [3.63, 3.8) is 0 Å². The summed E-state index contributed by atoms with van der Waals surface area (Å²) in [5, 5.41) is 4.69. The zero-order valence-corrected chi connectivity index (χ0v) is 18.9. The second-order valence-electron chi connectivity index (χ2n) is 7.60. The van der Waals surface area contributed by atoms with Crippen LogP contribution in [0, 0.1) is 0 Å². The Balaban J connectivity index is 1.37. The third-order valence-electron chi connectivity index (χ3n) is 5.40. The van der Waals surface area contributed by atoms with Gasteiger partial charge in [-0.1, -0.05) is 36.4 Å². The fourth-order valence-electron chi connectivity index (χ4n) is 3.72. The Morgan fingerprint density at radius 3 is 2.26 bits per heavy atom. The van der Waals surface area contributed by atoms with Gasteiger partial charge in [0.05, 0.1) is 17.7 Å². The predicted octanol–water partition coefficient (Wildman–Crippen LogP) is 5.65. The molecule has 1 aromatic heterocycles. The van der Waals surface area contributed by atoms with Gasteiger partial charge in [-0.2, -0.15) is 0 Å². The largest absolute Gasteiger partial charge is 0.495 e. The number of sulfonamides is 1. The third-order valence-corrected chi connectivity index (χ3v) is 6.80. The number of carbonyl (C=O) groups excluding carboxylic acids is 1. The van der Waals surface area contributed by atoms with Crippen molar-refractivity contribution in [1.29, 1.82) is 0 Å². The van der Waals surface area contributed by atoms with Gasteiger partial charge in [0, 0.05) is 28.1 Å². The summed E-state index contributed by atoms with van der Waals surface area (Å²) in [5.41, 5.74) is 2.54. The molecule has 4 aromatic carbocycles. The van der Waals surface area contributed by atoms with Crippen LogP contribution in [0.3, 0.4) is 0 Å². The van der Waals surface area contributed by atoms with Crippen molar-refractivity contribution in [2.75, 3.05) is 17.1 Å². The van der Waals surface area contributed by atoms with E-state index in [1.54, 1.807) is 36.4 Å². The van der Waals surface area contributed by atoms with Gasteiger partial charge < -0.3 is 14.5 Å². The lowest BCUT2D eigenvalue weighted by Crippen LogP contribution is -2.14. The Kier molecular flexibility index (Phi) is 5.43. The SMILES string of the molecule is COc1cc2c(cc1NC(=O)c1ccc(NS(=O)(=O)c3ccccc3)cc1)oc1ccccc12. The zero-order valence-electron chi connectivity index (χ0n) is 18.1. The van der Waals surface area contributed by atoms with Crippen LogP contribution in [-0.2, 0) is 10.0 Å². The maximum absolute atomic E-state index is 12.9. The van der Waals surface area contributed by atoms with Crippen molar-refractivity contribution in [3.05, 3.63) is 96.6 Å². The monoisotopic (exact) mass is 472 g/mol. The van der Waals surface area contributed by atoms with E-state index in [4.69, 9.17) is 9.15 Å². The number of benzene rings is 4. The van der Waals surface area contributed by atoms with Gasteiger partial charge in [-0.25, -0.2) is 8.42 Å². The molecule has 0 aliphatic heterocycles. The summed E-state index contributed by atoms with van der Waals surface area (Å²) in [4.78, 5) is 13.0. The summed E-state index contributed by atoms with van der Waals surface area (Å²) >= 11 is 0. The number of anilines is 2. The van der Waals surface area contributed by atoms with Gasteiger partial charge in [0.25, 0.3) is 15.9 Å². The van der Waals surface area contributed by atoms with Crippen LogP contribution in [-0.4, -0.2) is 21.4 Å². The standard InChI is InChI=1S/C26H20N2O5S/c1-32-25-15-21-20-9-5-6-10-23(20)33-24(21)16-22(25)27-26(29)17-11-13-18(14-12-17)28-34(30,31)19-7-3-2-4-8-19/h2-16,28H,1H3,(H,27,29). The van der Waals surface area contributed by atoms with E-state index in [2.05, 4.69) is 10.0 Å². The number of ether oxygens (including phenoxy) is 1. The Morgan fingerprint density at radius 1 is 0.824 bits per heavy atom. The van der Waals surface area contributed by atoms with E-state index >= 15 is 0 Å². The van der Waals surface area contributed by atoms with Gasteiger partial charge in [-0.3, -0.25) is 9.52 Å². The fraction of sp³-hybridized carbons (Fsp3) is 0.0385. The molecule has 1 heterocycles. The van der Waals surface area contributed by atoms with Gasteiger partial charge in [0.15, 0.2) is 0 Å². The number of para-hydroxylation sites is 1. The molecule has 0 aliphatic rings. The maximum atomic E-state index is 12.9. The van der Waals surface area contributed by atoms with Crippen LogP contribution < -0.4 is 14.8 Å². The first-order valence-corrected chi connectivity index (χ1v) is 11.9. The van der Waals surface area contributed by atoms with Crippen LogP contribution in [0.2, 0.25) is 0 Å². The Labute approximate surface area is 196 Å². The molecule has 0 spiro atoms. The molecule has 2 N–H and O–H groups in total. The Morgan fingerprint density at radius 2 is 1.53 bits per heavy atom. The average Bonchev–Trinajstić information content (AvgIpc) is 3.21. The third kappa shape index (κ3) is 4.06. The fourth-order valence-corrected chi connectivity index (χ4v) is 4.80. The highest BCUT2D eigenvalue weighted by molar-refractivity contribution is 7.92. The predicted molar refractivity (Wildman–Crippen MR) is 132 cm³/mol. The molecule has 8 heteroatoms. The van der Waals surface area contributed by atoms with E-state index in [1.165, 1.54) is 31.4 Å². The summed E-state index contributed by atoms with van der Waals surface area (Å²) < 4.78 is 38.9. The molecular formula is C26H20N2O5S. The number of hydrogen-bond acceptors (Lipinski definition) is 5. The zero-order chi connectivity index (χ0) is 23.7. The van der Waals surface area contributed by atoms with E-state index in [1.807, 2.05) is 30.3 Å². The van der Waals surface area contributed by atoms with Crippen molar-refractivity contribution >= 4 is 49.2 Å². The van der Waals surface area contributed by atoms with Crippen molar-refractivity contribution < 1.29 is 22.4 Å². The number of nitrogens with one attached hydrogen (secondary N) is 2. The molecule has 0 aliphatic carbocycles. The minimum atomic E-state index is -3.71. The smallest absolute Gasteiger partial charge is 0.261 e. The second-order valence-corrected chi connectivity index (χ2v) is 9.28. The van der Waals surface area contributed by atoms with E-state index in [0.717, 1.165) is 16.4 Å². The van der Waals surface area contributed by atoms with Crippen LogP contribution in [0.25, 0.3) is 21.9 Å². The normalized spacial score (nSPS) is 11.4. The number of amides is 1. The minimum Gasteiger partial charge on any atom is -0.495 e. The quantitative estimate of drug-likeness (QED) is 0.333. The lowest BCUT2D eigenvalue weighted by Gasteiger charge is -2.11. The molecule has 0 bridgehead atoms. The number of hydrogen-bond donors (Lipinski definition) is 2. The van der Waals surface area contributed by atoms with Crippen LogP contribution in [0.5, 0.6) is 5.75 Å². The molecule has 1 amide bonds. The highest BCUT2D eigenvalue weighted by Gasteiger charge is 2.16. The molecular weight excluding hydrogens is 452 g/mol. The maximum Gasteiger partial charge on any atom is 0.261 e.